The van der Waals surface area contributed by atoms with Crippen LogP contribution in [0, 0.1) is 5.41 Å². The van der Waals surface area contributed by atoms with Crippen molar-refractivity contribution in [2.24, 2.45) is 5.41 Å². The van der Waals surface area contributed by atoms with Gasteiger partial charge in [-0.05, 0) is 51.1 Å². The number of hydrogen-bond acceptors (Lipinski definition) is 2. The van der Waals surface area contributed by atoms with Gasteiger partial charge in [-0.25, -0.2) is 0 Å². The molecule has 0 bridgehead atoms. The van der Waals surface area contributed by atoms with Gasteiger partial charge in [-0.1, -0.05) is 13.8 Å². The number of likely N-dealkylation sites (tertiary alicyclic amines) is 1. The van der Waals surface area contributed by atoms with Crippen LogP contribution in [0.5, 0.6) is 0 Å². The minimum atomic E-state index is -0.147. The predicted molar refractivity (Wildman–Crippen MR) is 60.4 cm³/mol. The fourth-order valence-electron chi connectivity index (χ4n) is 2.07. The zero-order valence-electron chi connectivity index (χ0n) is 9.92. The first-order chi connectivity index (χ1) is 6.49. The van der Waals surface area contributed by atoms with Crippen LogP contribution in [0.25, 0.3) is 0 Å². The van der Waals surface area contributed by atoms with Crippen LogP contribution in [0.3, 0.4) is 0 Å². The summed E-state index contributed by atoms with van der Waals surface area (Å²) in [7, 11) is 0. The van der Waals surface area contributed by atoms with E-state index in [2.05, 4.69) is 18.7 Å². The van der Waals surface area contributed by atoms with Gasteiger partial charge in [0.1, 0.15) is 0 Å². The van der Waals surface area contributed by atoms with E-state index in [0.717, 1.165) is 13.0 Å². The first-order valence-electron chi connectivity index (χ1n) is 5.90. The van der Waals surface area contributed by atoms with Gasteiger partial charge < -0.3 is 10.0 Å². The Bertz CT molecular complexity index is 166. The molecule has 0 aromatic carbocycles. The van der Waals surface area contributed by atoms with Crippen molar-refractivity contribution in [2.75, 3.05) is 19.6 Å². The second kappa shape index (κ2) is 5.13. The van der Waals surface area contributed by atoms with Crippen LogP contribution >= 0.6 is 0 Å². The Hall–Kier alpha value is -0.0800. The maximum atomic E-state index is 9.23. The van der Waals surface area contributed by atoms with E-state index in [0.29, 0.717) is 5.41 Å². The Morgan fingerprint density at radius 3 is 2.64 bits per heavy atom. The van der Waals surface area contributed by atoms with Gasteiger partial charge >= 0.3 is 0 Å². The molecule has 1 atom stereocenters. The van der Waals surface area contributed by atoms with Gasteiger partial charge in [0.25, 0.3) is 0 Å². The van der Waals surface area contributed by atoms with Crippen LogP contribution in [0.15, 0.2) is 0 Å². The molecule has 0 amide bonds. The molecule has 0 aromatic heterocycles. The smallest absolute Gasteiger partial charge is 0.0524 e. The van der Waals surface area contributed by atoms with Crippen LogP contribution in [0.2, 0.25) is 0 Å². The van der Waals surface area contributed by atoms with Crippen molar-refractivity contribution in [1.29, 1.82) is 0 Å². The molecule has 1 aliphatic heterocycles. The molecule has 0 aromatic rings. The lowest BCUT2D eigenvalue weighted by Gasteiger charge is -2.23. The topological polar surface area (TPSA) is 23.5 Å². The lowest BCUT2D eigenvalue weighted by molar-refractivity contribution is 0.156. The molecule has 1 unspecified atom stereocenters. The monoisotopic (exact) mass is 199 g/mol. The van der Waals surface area contributed by atoms with E-state index in [4.69, 9.17) is 0 Å². The molecular weight excluding hydrogens is 174 g/mol. The second-order valence-corrected chi connectivity index (χ2v) is 5.50. The molecule has 84 valence electrons. The van der Waals surface area contributed by atoms with Crippen molar-refractivity contribution in [1.82, 2.24) is 4.90 Å². The van der Waals surface area contributed by atoms with Gasteiger partial charge in [-0.15, -0.1) is 0 Å². The fraction of sp³-hybridized carbons (Fsp3) is 1.00. The van der Waals surface area contributed by atoms with E-state index in [9.17, 15) is 5.11 Å². The summed E-state index contributed by atoms with van der Waals surface area (Å²) in [6.45, 7) is 10.1. The van der Waals surface area contributed by atoms with Gasteiger partial charge in [0, 0.05) is 6.54 Å². The summed E-state index contributed by atoms with van der Waals surface area (Å²) in [5.41, 5.74) is 0.527. The van der Waals surface area contributed by atoms with E-state index in [-0.39, 0.29) is 6.10 Å². The molecule has 2 nitrogen and oxygen atoms in total. The summed E-state index contributed by atoms with van der Waals surface area (Å²) in [5.74, 6) is 0. The highest BCUT2D eigenvalue weighted by molar-refractivity contribution is 4.76. The SMILES string of the molecule is CC(O)CCN1CCCC(C)(C)CC1. The lowest BCUT2D eigenvalue weighted by atomic mass is 9.85. The Morgan fingerprint density at radius 1 is 1.29 bits per heavy atom. The Labute approximate surface area is 88.3 Å². The van der Waals surface area contributed by atoms with E-state index >= 15 is 0 Å². The highest BCUT2D eigenvalue weighted by Crippen LogP contribution is 2.29. The van der Waals surface area contributed by atoms with E-state index < -0.39 is 0 Å². The Morgan fingerprint density at radius 2 is 2.00 bits per heavy atom. The van der Waals surface area contributed by atoms with Gasteiger partial charge in [0.2, 0.25) is 0 Å². The molecular formula is C12H25NO. The largest absolute Gasteiger partial charge is 0.393 e. The van der Waals surface area contributed by atoms with Crippen LogP contribution in [0.1, 0.15) is 46.5 Å². The van der Waals surface area contributed by atoms with E-state index in [1.165, 1.54) is 32.4 Å². The summed E-state index contributed by atoms with van der Waals surface area (Å²) >= 11 is 0. The molecule has 2 heteroatoms. The number of aliphatic hydroxyl groups is 1. The van der Waals surface area contributed by atoms with Crippen molar-refractivity contribution in [3.8, 4) is 0 Å². The molecule has 0 aliphatic carbocycles. The third-order valence-electron chi connectivity index (χ3n) is 3.30. The summed E-state index contributed by atoms with van der Waals surface area (Å²) < 4.78 is 0. The van der Waals surface area contributed by atoms with Crippen LogP contribution in [-0.4, -0.2) is 35.7 Å². The van der Waals surface area contributed by atoms with Gasteiger partial charge in [0.05, 0.1) is 6.10 Å². The van der Waals surface area contributed by atoms with Crippen molar-refractivity contribution < 1.29 is 5.11 Å². The standard InChI is InChI=1S/C12H25NO/c1-11(14)5-9-13-8-4-6-12(2,3)7-10-13/h11,14H,4-10H2,1-3H3. The minimum absolute atomic E-state index is 0.147. The number of aliphatic hydroxyl groups excluding tert-OH is 1. The number of rotatable bonds is 3. The quantitative estimate of drug-likeness (QED) is 0.753. The van der Waals surface area contributed by atoms with E-state index in [1.807, 2.05) is 6.92 Å². The molecule has 1 saturated heterocycles. The highest BCUT2D eigenvalue weighted by atomic mass is 16.3. The zero-order valence-corrected chi connectivity index (χ0v) is 9.92. The van der Waals surface area contributed by atoms with Crippen LogP contribution < -0.4 is 0 Å². The Balaban J connectivity index is 2.28. The molecule has 0 radical (unpaired) electrons. The van der Waals surface area contributed by atoms with Crippen molar-refractivity contribution in [3.63, 3.8) is 0 Å². The van der Waals surface area contributed by atoms with Crippen LogP contribution in [-0.2, 0) is 0 Å². The Kier molecular flexibility index (Phi) is 4.39. The molecule has 1 N–H and O–H groups in total. The first-order valence-corrected chi connectivity index (χ1v) is 5.90. The molecule has 1 heterocycles. The summed E-state index contributed by atoms with van der Waals surface area (Å²) in [6, 6.07) is 0. The normalized spacial score (nSPS) is 25.7. The lowest BCUT2D eigenvalue weighted by Crippen LogP contribution is -2.28. The summed E-state index contributed by atoms with van der Waals surface area (Å²) in [4.78, 5) is 2.50. The molecule has 14 heavy (non-hydrogen) atoms. The maximum absolute atomic E-state index is 9.23. The third-order valence-corrected chi connectivity index (χ3v) is 3.30. The van der Waals surface area contributed by atoms with Crippen molar-refractivity contribution in [2.45, 2.75) is 52.6 Å². The minimum Gasteiger partial charge on any atom is -0.393 e. The summed E-state index contributed by atoms with van der Waals surface area (Å²) in [6.07, 6.45) is 4.73. The second-order valence-electron chi connectivity index (χ2n) is 5.50. The molecule has 1 aliphatic rings. The fourth-order valence-corrected chi connectivity index (χ4v) is 2.07. The zero-order chi connectivity index (χ0) is 10.6. The summed E-state index contributed by atoms with van der Waals surface area (Å²) in [5, 5.41) is 9.23. The number of hydrogen-bond donors (Lipinski definition) is 1. The molecule has 1 fully saturated rings. The maximum Gasteiger partial charge on any atom is 0.0524 e. The highest BCUT2D eigenvalue weighted by Gasteiger charge is 2.22. The van der Waals surface area contributed by atoms with Gasteiger partial charge in [0.15, 0.2) is 0 Å². The first kappa shape index (κ1) is 12.0. The molecule has 1 rings (SSSR count). The average Bonchev–Trinajstić information content (AvgIpc) is 2.23. The van der Waals surface area contributed by atoms with Crippen molar-refractivity contribution >= 4 is 0 Å². The van der Waals surface area contributed by atoms with Crippen molar-refractivity contribution in [3.05, 3.63) is 0 Å². The van der Waals surface area contributed by atoms with Crippen LogP contribution in [0.4, 0.5) is 0 Å². The average molecular weight is 199 g/mol. The van der Waals surface area contributed by atoms with E-state index in [1.54, 1.807) is 0 Å². The predicted octanol–water partition coefficient (Wildman–Crippen LogP) is 2.27. The third kappa shape index (κ3) is 4.43. The van der Waals surface area contributed by atoms with Gasteiger partial charge in [-0.3, -0.25) is 0 Å². The number of nitrogens with zero attached hydrogens (tertiary/aromatic N) is 1. The molecule has 0 spiro atoms. The molecule has 0 saturated carbocycles. The van der Waals surface area contributed by atoms with Gasteiger partial charge in [-0.2, -0.15) is 0 Å².